The van der Waals surface area contributed by atoms with Gasteiger partial charge >= 0.3 is 5.76 Å². The second-order valence-electron chi connectivity index (χ2n) is 7.33. The molecule has 0 unspecified atom stereocenters. The smallest absolute Gasteiger partial charge is 0.417 e. The molecule has 0 aliphatic heterocycles. The van der Waals surface area contributed by atoms with Gasteiger partial charge in [-0.15, -0.1) is 0 Å². The summed E-state index contributed by atoms with van der Waals surface area (Å²) < 4.78 is 10.8. The van der Waals surface area contributed by atoms with E-state index in [1.54, 1.807) is 38.4 Å². The Morgan fingerprint density at radius 3 is 2.78 bits per heavy atom. The van der Waals surface area contributed by atoms with Crippen molar-refractivity contribution in [1.82, 2.24) is 19.9 Å². The highest BCUT2D eigenvalue weighted by molar-refractivity contribution is 5.81. The van der Waals surface area contributed by atoms with E-state index in [1.165, 1.54) is 4.90 Å². The number of nitrogen functional groups attached to an aromatic ring is 1. The molecule has 2 aromatic heterocycles. The molecule has 0 bridgehead atoms. The predicted molar refractivity (Wildman–Crippen MR) is 121 cm³/mol. The summed E-state index contributed by atoms with van der Waals surface area (Å²) in [6.45, 7) is 1.76. The van der Waals surface area contributed by atoms with Gasteiger partial charge in [-0.05, 0) is 37.3 Å². The lowest BCUT2D eigenvalue weighted by atomic mass is 10.1. The van der Waals surface area contributed by atoms with Gasteiger partial charge in [0.15, 0.2) is 12.2 Å². The van der Waals surface area contributed by atoms with E-state index < -0.39 is 5.76 Å². The number of para-hydroxylation sites is 1. The van der Waals surface area contributed by atoms with E-state index in [0.29, 0.717) is 39.6 Å². The molecule has 0 aliphatic carbocycles. The van der Waals surface area contributed by atoms with E-state index in [2.05, 4.69) is 20.3 Å². The number of amides is 1. The van der Waals surface area contributed by atoms with Crippen LogP contribution in [0, 0.1) is 6.92 Å². The van der Waals surface area contributed by atoms with Crippen molar-refractivity contribution in [1.29, 1.82) is 0 Å². The van der Waals surface area contributed by atoms with E-state index in [1.807, 2.05) is 25.1 Å². The number of H-pyrrole nitrogens is 1. The van der Waals surface area contributed by atoms with Crippen LogP contribution < -0.4 is 21.5 Å². The first kappa shape index (κ1) is 20.9. The van der Waals surface area contributed by atoms with Crippen molar-refractivity contribution < 1.29 is 13.9 Å². The molecule has 0 radical (unpaired) electrons. The van der Waals surface area contributed by atoms with Crippen molar-refractivity contribution >= 4 is 34.5 Å². The Hall–Kier alpha value is -4.34. The summed E-state index contributed by atoms with van der Waals surface area (Å²) in [6, 6.07) is 12.5. The lowest BCUT2D eigenvalue weighted by Gasteiger charge is -2.16. The Morgan fingerprint density at radius 1 is 1.22 bits per heavy atom. The molecule has 0 atom stereocenters. The van der Waals surface area contributed by atoms with Gasteiger partial charge in [-0.1, -0.05) is 12.1 Å². The average molecular weight is 434 g/mol. The lowest BCUT2D eigenvalue weighted by Crippen LogP contribution is -2.27. The van der Waals surface area contributed by atoms with Gasteiger partial charge in [0.05, 0.1) is 11.2 Å². The molecule has 32 heavy (non-hydrogen) atoms. The normalized spacial score (nSPS) is 10.8. The molecule has 10 heteroatoms. The van der Waals surface area contributed by atoms with Crippen LogP contribution in [0.2, 0.25) is 0 Å². The first-order chi connectivity index (χ1) is 15.3. The molecule has 4 aromatic rings. The number of oxazole rings is 1. The van der Waals surface area contributed by atoms with Crippen molar-refractivity contribution in [3.05, 3.63) is 58.6 Å². The number of hydrogen-bond acceptors (Lipinski definition) is 8. The minimum absolute atomic E-state index is 0.0741. The number of aromatic amines is 1. The molecule has 4 N–H and O–H groups in total. The molecular weight excluding hydrogens is 412 g/mol. The maximum absolute atomic E-state index is 12.0. The molecule has 2 aromatic carbocycles. The van der Waals surface area contributed by atoms with Crippen molar-refractivity contribution in [3.63, 3.8) is 0 Å². The number of ether oxygens (including phenoxy) is 1. The molecule has 0 aliphatic rings. The van der Waals surface area contributed by atoms with Crippen LogP contribution in [0.5, 0.6) is 5.75 Å². The second kappa shape index (κ2) is 8.42. The third-order valence-corrected chi connectivity index (χ3v) is 4.84. The number of nitrogens with one attached hydrogen (secondary N) is 2. The van der Waals surface area contributed by atoms with Gasteiger partial charge in [0.1, 0.15) is 11.6 Å². The topological polar surface area (TPSA) is 139 Å². The number of nitrogens with two attached hydrogens (primary N) is 1. The molecule has 1 amide bonds. The Bertz CT molecular complexity index is 1360. The van der Waals surface area contributed by atoms with Gasteiger partial charge in [-0.3, -0.25) is 9.78 Å². The molecular formula is C22H22N6O4. The number of fused-ring (bicyclic) bond motifs is 1. The van der Waals surface area contributed by atoms with E-state index in [0.717, 1.165) is 5.56 Å². The molecule has 0 saturated heterocycles. The zero-order valence-electron chi connectivity index (χ0n) is 17.8. The number of rotatable bonds is 6. The lowest BCUT2D eigenvalue weighted by molar-refractivity contribution is -0.130. The molecule has 0 spiro atoms. The largest absolute Gasteiger partial charge is 0.483 e. The van der Waals surface area contributed by atoms with Gasteiger partial charge in [-0.25, -0.2) is 9.78 Å². The summed E-state index contributed by atoms with van der Waals surface area (Å²) in [5, 5.41) is 3.21. The maximum Gasteiger partial charge on any atom is 0.417 e. The number of benzene rings is 2. The maximum atomic E-state index is 12.0. The second-order valence-corrected chi connectivity index (χ2v) is 7.33. The van der Waals surface area contributed by atoms with Crippen molar-refractivity contribution in [2.75, 3.05) is 31.8 Å². The highest BCUT2D eigenvalue weighted by atomic mass is 16.5. The van der Waals surface area contributed by atoms with Crippen LogP contribution in [0.4, 0.5) is 17.5 Å². The quantitative estimate of drug-likeness (QED) is 0.421. The average Bonchev–Trinajstić information content (AvgIpc) is 3.13. The number of aromatic nitrogens is 3. The highest BCUT2D eigenvalue weighted by Crippen LogP contribution is 2.34. The summed E-state index contributed by atoms with van der Waals surface area (Å²) >= 11 is 0. The van der Waals surface area contributed by atoms with Crippen molar-refractivity contribution in [2.45, 2.75) is 6.92 Å². The van der Waals surface area contributed by atoms with Gasteiger partial charge < -0.3 is 25.1 Å². The fourth-order valence-corrected chi connectivity index (χ4v) is 3.14. The number of hydrogen-bond donors (Lipinski definition) is 3. The van der Waals surface area contributed by atoms with E-state index in [4.69, 9.17) is 14.9 Å². The summed E-state index contributed by atoms with van der Waals surface area (Å²) in [4.78, 5) is 36.2. The Kier molecular flexibility index (Phi) is 5.50. The van der Waals surface area contributed by atoms with Crippen LogP contribution in [0.15, 0.2) is 51.7 Å². The third-order valence-electron chi connectivity index (χ3n) is 4.84. The van der Waals surface area contributed by atoms with Crippen LogP contribution in [-0.4, -0.2) is 46.5 Å². The first-order valence-electron chi connectivity index (χ1n) is 9.78. The van der Waals surface area contributed by atoms with Crippen molar-refractivity contribution in [3.8, 4) is 17.0 Å². The molecule has 10 nitrogen and oxygen atoms in total. The first-order valence-corrected chi connectivity index (χ1v) is 9.78. The monoisotopic (exact) mass is 434 g/mol. The molecule has 0 fully saturated rings. The van der Waals surface area contributed by atoms with Crippen LogP contribution in [-0.2, 0) is 4.79 Å². The van der Waals surface area contributed by atoms with Crippen LogP contribution >= 0.6 is 0 Å². The molecule has 0 saturated carbocycles. The van der Waals surface area contributed by atoms with Crippen LogP contribution in [0.25, 0.3) is 22.4 Å². The van der Waals surface area contributed by atoms with Gasteiger partial charge in [0, 0.05) is 30.9 Å². The number of carbonyl (C=O) groups is 1. The van der Waals surface area contributed by atoms with Gasteiger partial charge in [-0.2, -0.15) is 4.98 Å². The summed E-state index contributed by atoms with van der Waals surface area (Å²) in [5.74, 6) is 0.397. The number of nitrogens with zero attached hydrogens (tertiary/aromatic N) is 3. The Balaban J connectivity index is 1.69. The van der Waals surface area contributed by atoms with Crippen LogP contribution in [0.3, 0.4) is 0 Å². The SMILES string of the molecule is Cc1c(Nc2ccc3oc(=O)[nH]c3c2)nc(N)nc1-c1ccccc1OCC(=O)N(C)C. The standard InChI is InChI=1S/C22H22N6O4/c1-12-19(14-6-4-5-7-16(14)31-11-18(29)28(2)3)26-21(23)27-20(12)24-13-8-9-17-15(10-13)25-22(30)32-17/h4-10H,11H2,1-3H3,(H,25,30)(H3,23,24,26,27). The minimum atomic E-state index is -0.522. The van der Waals surface area contributed by atoms with Gasteiger partial charge in [0.25, 0.3) is 5.91 Å². The van der Waals surface area contributed by atoms with E-state index >= 15 is 0 Å². The summed E-state index contributed by atoms with van der Waals surface area (Å²) in [6.07, 6.45) is 0. The zero-order chi connectivity index (χ0) is 22.8. The predicted octanol–water partition coefficient (Wildman–Crippen LogP) is 2.68. The van der Waals surface area contributed by atoms with Crippen molar-refractivity contribution in [2.24, 2.45) is 0 Å². The third kappa shape index (κ3) is 4.24. The summed E-state index contributed by atoms with van der Waals surface area (Å²) in [7, 11) is 3.34. The zero-order valence-corrected chi connectivity index (χ0v) is 17.8. The number of likely N-dealkylation sites (N-methyl/N-ethyl adjacent to an activating group) is 1. The summed E-state index contributed by atoms with van der Waals surface area (Å²) in [5.41, 5.74) is 9.69. The van der Waals surface area contributed by atoms with E-state index in [9.17, 15) is 9.59 Å². The molecule has 2 heterocycles. The van der Waals surface area contributed by atoms with Gasteiger partial charge in [0.2, 0.25) is 5.95 Å². The Labute approximate surface area is 183 Å². The number of carbonyl (C=O) groups excluding carboxylic acids is 1. The number of anilines is 3. The van der Waals surface area contributed by atoms with E-state index in [-0.39, 0.29) is 18.5 Å². The van der Waals surface area contributed by atoms with Crippen LogP contribution in [0.1, 0.15) is 5.56 Å². The fourth-order valence-electron chi connectivity index (χ4n) is 3.14. The molecule has 164 valence electrons. The highest BCUT2D eigenvalue weighted by Gasteiger charge is 2.17. The molecule has 4 rings (SSSR count). The fraction of sp³-hybridized carbons (Fsp3) is 0.182. The minimum Gasteiger partial charge on any atom is -0.483 e. The Morgan fingerprint density at radius 2 is 2.00 bits per heavy atom.